The van der Waals surface area contributed by atoms with Crippen LogP contribution in [0.5, 0.6) is 0 Å². The predicted molar refractivity (Wildman–Crippen MR) is 234 cm³/mol. The minimum Gasteiger partial charge on any atom is -0.228 e. The summed E-state index contributed by atoms with van der Waals surface area (Å²) in [5.41, 5.74) is 17.9. The Morgan fingerprint density at radius 3 is 1.88 bits per heavy atom. The molecule has 8 aromatic rings. The highest BCUT2D eigenvalue weighted by atomic mass is 14.9. The molecule has 1 aromatic heterocycles. The molecule has 2 aliphatic carbocycles. The third kappa shape index (κ3) is 5.96. The maximum absolute atomic E-state index is 5.28. The Bertz CT molecular complexity index is 2770. The number of nitrogens with zero attached hydrogens (tertiary/aromatic N) is 2. The molecule has 0 aliphatic heterocycles. The molecule has 7 aromatic carbocycles. The molecular formula is C54H46N2. The van der Waals surface area contributed by atoms with E-state index in [0.29, 0.717) is 5.92 Å². The minimum absolute atomic E-state index is 0.172. The Hall–Kier alpha value is -6.12. The van der Waals surface area contributed by atoms with Gasteiger partial charge in [0.25, 0.3) is 0 Å². The van der Waals surface area contributed by atoms with E-state index in [1.807, 2.05) is 0 Å². The summed E-state index contributed by atoms with van der Waals surface area (Å²) in [6.07, 6.45) is 3.40. The number of benzene rings is 7. The van der Waals surface area contributed by atoms with E-state index in [1.54, 1.807) is 0 Å². The van der Waals surface area contributed by atoms with Gasteiger partial charge in [-0.3, -0.25) is 0 Å². The Balaban J connectivity index is 1.04. The van der Waals surface area contributed by atoms with Gasteiger partial charge in [0.15, 0.2) is 5.82 Å². The van der Waals surface area contributed by atoms with Crippen molar-refractivity contribution in [3.05, 3.63) is 192 Å². The summed E-state index contributed by atoms with van der Waals surface area (Å²) >= 11 is 0. The summed E-state index contributed by atoms with van der Waals surface area (Å²) < 4.78 is 0. The second-order valence-electron chi connectivity index (χ2n) is 17.2. The third-order valence-electron chi connectivity index (χ3n) is 12.7. The van der Waals surface area contributed by atoms with E-state index in [0.717, 1.165) is 45.7 Å². The molecule has 1 heterocycles. The van der Waals surface area contributed by atoms with Gasteiger partial charge in [0.1, 0.15) is 0 Å². The zero-order valence-corrected chi connectivity index (χ0v) is 32.7. The zero-order valence-electron chi connectivity index (χ0n) is 32.7. The largest absolute Gasteiger partial charge is 0.228 e. The molecule has 0 N–H and O–H groups in total. The monoisotopic (exact) mass is 722 g/mol. The van der Waals surface area contributed by atoms with Crippen LogP contribution < -0.4 is 0 Å². The lowest BCUT2D eigenvalue weighted by Gasteiger charge is -2.42. The van der Waals surface area contributed by atoms with Crippen molar-refractivity contribution in [3.63, 3.8) is 0 Å². The highest BCUT2D eigenvalue weighted by Crippen LogP contribution is 2.53. The van der Waals surface area contributed by atoms with Gasteiger partial charge in [-0.1, -0.05) is 179 Å². The Morgan fingerprint density at radius 1 is 0.464 bits per heavy atom. The van der Waals surface area contributed by atoms with Crippen LogP contribution in [-0.2, 0) is 17.3 Å². The van der Waals surface area contributed by atoms with Crippen molar-refractivity contribution in [2.24, 2.45) is 0 Å². The molecule has 0 saturated carbocycles. The minimum atomic E-state index is 0.172. The molecular weight excluding hydrogens is 677 g/mol. The molecule has 0 radical (unpaired) electrons. The summed E-state index contributed by atoms with van der Waals surface area (Å²) in [6.45, 7) is 9.74. The normalized spacial score (nSPS) is 16.2. The molecule has 1 atom stereocenters. The van der Waals surface area contributed by atoms with Crippen LogP contribution in [0.2, 0.25) is 0 Å². The molecule has 272 valence electrons. The number of fused-ring (bicyclic) bond motifs is 5. The average molecular weight is 723 g/mol. The predicted octanol–water partition coefficient (Wildman–Crippen LogP) is 14.0. The SMILES string of the molecule is CC1(C)CCC(C)(C)c2cc3c(cc21)-c1ccccc1C3Cc1ccc(-c2cc(-c3cccc(-c4ccccc4)c3)nc(-c3cccc4ccccc34)n2)cc1. The van der Waals surface area contributed by atoms with E-state index in [4.69, 9.17) is 9.97 Å². The van der Waals surface area contributed by atoms with E-state index in [9.17, 15) is 0 Å². The second kappa shape index (κ2) is 13.3. The lowest BCUT2D eigenvalue weighted by molar-refractivity contribution is 0.331. The molecule has 56 heavy (non-hydrogen) atoms. The molecule has 1 unspecified atom stereocenters. The van der Waals surface area contributed by atoms with Crippen LogP contribution in [0.15, 0.2) is 164 Å². The fraction of sp³-hybridized carbons (Fsp3) is 0.185. The smallest absolute Gasteiger partial charge is 0.161 e. The van der Waals surface area contributed by atoms with Gasteiger partial charge in [-0.2, -0.15) is 0 Å². The van der Waals surface area contributed by atoms with Crippen molar-refractivity contribution < 1.29 is 0 Å². The van der Waals surface area contributed by atoms with Gasteiger partial charge in [-0.25, -0.2) is 9.97 Å². The molecule has 2 heteroatoms. The highest BCUT2D eigenvalue weighted by Gasteiger charge is 2.40. The van der Waals surface area contributed by atoms with Crippen LogP contribution in [-0.4, -0.2) is 9.97 Å². The maximum Gasteiger partial charge on any atom is 0.161 e. The Morgan fingerprint density at radius 2 is 1.07 bits per heavy atom. The summed E-state index contributed by atoms with van der Waals surface area (Å²) in [6, 6.07) is 59.7. The van der Waals surface area contributed by atoms with Crippen LogP contribution >= 0.6 is 0 Å². The molecule has 2 aliphatic rings. The number of aromatic nitrogens is 2. The zero-order chi connectivity index (χ0) is 38.0. The first-order valence-electron chi connectivity index (χ1n) is 20.1. The molecule has 2 nitrogen and oxygen atoms in total. The van der Waals surface area contributed by atoms with Crippen LogP contribution in [0.1, 0.15) is 74.3 Å². The van der Waals surface area contributed by atoms with Crippen molar-refractivity contribution in [1.29, 1.82) is 0 Å². The van der Waals surface area contributed by atoms with Crippen LogP contribution in [0.4, 0.5) is 0 Å². The van der Waals surface area contributed by atoms with Crippen molar-refractivity contribution in [2.75, 3.05) is 0 Å². The number of rotatable bonds is 6. The molecule has 0 spiro atoms. The molecule has 0 bridgehead atoms. The Labute approximate surface area is 331 Å². The molecule has 10 rings (SSSR count). The van der Waals surface area contributed by atoms with Crippen molar-refractivity contribution in [1.82, 2.24) is 9.97 Å². The first kappa shape index (κ1) is 34.4. The van der Waals surface area contributed by atoms with Gasteiger partial charge in [-0.15, -0.1) is 0 Å². The first-order valence-corrected chi connectivity index (χ1v) is 20.1. The maximum atomic E-state index is 5.28. The van der Waals surface area contributed by atoms with E-state index in [1.165, 1.54) is 68.3 Å². The second-order valence-corrected chi connectivity index (χ2v) is 17.2. The molecule has 0 fully saturated rings. The van der Waals surface area contributed by atoms with Gasteiger partial charge < -0.3 is 0 Å². The fourth-order valence-electron chi connectivity index (χ4n) is 9.41. The topological polar surface area (TPSA) is 25.8 Å². The summed E-state index contributed by atoms with van der Waals surface area (Å²) in [4.78, 5) is 10.5. The summed E-state index contributed by atoms with van der Waals surface area (Å²) in [5, 5.41) is 2.33. The van der Waals surface area contributed by atoms with Gasteiger partial charge >= 0.3 is 0 Å². The third-order valence-corrected chi connectivity index (χ3v) is 12.7. The lowest BCUT2D eigenvalue weighted by Crippen LogP contribution is -2.34. The summed E-state index contributed by atoms with van der Waals surface area (Å²) in [7, 11) is 0. The highest BCUT2D eigenvalue weighted by molar-refractivity contribution is 5.95. The first-order chi connectivity index (χ1) is 27.2. The van der Waals surface area contributed by atoms with Crippen molar-refractivity contribution in [2.45, 2.75) is 63.7 Å². The van der Waals surface area contributed by atoms with E-state index in [-0.39, 0.29) is 10.8 Å². The van der Waals surface area contributed by atoms with Crippen LogP contribution in [0.25, 0.3) is 66.9 Å². The molecule has 0 amide bonds. The number of hydrogen-bond acceptors (Lipinski definition) is 2. The van der Waals surface area contributed by atoms with Crippen molar-refractivity contribution >= 4 is 10.8 Å². The van der Waals surface area contributed by atoms with Crippen LogP contribution in [0.3, 0.4) is 0 Å². The van der Waals surface area contributed by atoms with Gasteiger partial charge in [-0.05, 0) is 103 Å². The fourth-order valence-corrected chi connectivity index (χ4v) is 9.41. The van der Waals surface area contributed by atoms with Gasteiger partial charge in [0, 0.05) is 22.6 Å². The summed E-state index contributed by atoms with van der Waals surface area (Å²) in [5.74, 6) is 1.05. The molecule has 0 saturated heterocycles. The van der Waals surface area contributed by atoms with Gasteiger partial charge in [0.2, 0.25) is 0 Å². The lowest BCUT2D eigenvalue weighted by atomic mass is 9.62. The van der Waals surface area contributed by atoms with E-state index >= 15 is 0 Å². The van der Waals surface area contributed by atoms with Gasteiger partial charge in [0.05, 0.1) is 11.4 Å². The Kier molecular flexibility index (Phi) is 8.15. The van der Waals surface area contributed by atoms with Crippen LogP contribution in [0, 0.1) is 0 Å². The van der Waals surface area contributed by atoms with E-state index < -0.39 is 0 Å². The average Bonchev–Trinajstić information content (AvgIpc) is 3.54. The number of hydrogen-bond donors (Lipinski definition) is 0. The van der Waals surface area contributed by atoms with E-state index in [2.05, 4.69) is 191 Å². The standard InChI is InChI=1S/C54H46N2/c1-53(2)28-29-54(3,4)49-33-47-45(42-21-10-11-22-43(42)46(47)32-48(49)53)30-35-24-26-38(27-25-35)50-34-51(40-19-12-18-39(31-40)36-14-6-5-7-15-36)56-52(55-50)44-23-13-17-37-16-8-9-20-41(37)44/h5-27,31-34,45H,28-30H2,1-4H3. The van der Waals surface area contributed by atoms with Crippen molar-refractivity contribution in [3.8, 4) is 56.2 Å². The quantitative estimate of drug-likeness (QED) is 0.171.